The Balaban J connectivity index is 1.60. The molecule has 1 amide bonds. The predicted molar refractivity (Wildman–Crippen MR) is 94.2 cm³/mol. The van der Waals surface area contributed by atoms with Crippen LogP contribution in [0.25, 0.3) is 0 Å². The van der Waals surface area contributed by atoms with Gasteiger partial charge in [0.25, 0.3) is 0 Å². The molecule has 2 aromatic rings. The minimum atomic E-state index is -1.00. The standard InChI is InChI=1S/C18H22N2O3S/c1-13-11-24-17(22)20(13)10-8-16(21)19-12-18(23)9-4-6-14-5-2-3-7-15(14)18/h2-3,5,7,11,23H,4,6,8-10,12H2,1H3,(H,19,21)/t18-/m1/s1. The van der Waals surface area contributed by atoms with E-state index in [9.17, 15) is 14.7 Å². The molecule has 0 bridgehead atoms. The lowest BCUT2D eigenvalue weighted by atomic mass is 9.79. The Kier molecular flexibility index (Phi) is 4.87. The van der Waals surface area contributed by atoms with Crippen LogP contribution in [0.5, 0.6) is 0 Å². The van der Waals surface area contributed by atoms with Crippen molar-refractivity contribution in [1.29, 1.82) is 0 Å². The fourth-order valence-corrected chi connectivity index (χ4v) is 4.06. The van der Waals surface area contributed by atoms with E-state index < -0.39 is 5.60 Å². The maximum Gasteiger partial charge on any atom is 0.307 e. The molecular formula is C18H22N2O3S. The first-order valence-electron chi connectivity index (χ1n) is 8.22. The van der Waals surface area contributed by atoms with Crippen molar-refractivity contribution in [1.82, 2.24) is 9.88 Å². The number of amides is 1. The zero-order valence-electron chi connectivity index (χ0n) is 13.7. The summed E-state index contributed by atoms with van der Waals surface area (Å²) < 4.78 is 1.61. The highest BCUT2D eigenvalue weighted by molar-refractivity contribution is 7.07. The molecule has 0 saturated carbocycles. The molecule has 1 atom stereocenters. The Labute approximate surface area is 145 Å². The highest BCUT2D eigenvalue weighted by Gasteiger charge is 2.34. The molecule has 3 rings (SSSR count). The molecule has 0 radical (unpaired) electrons. The predicted octanol–water partition coefficient (Wildman–Crippen LogP) is 1.95. The number of carbonyl (C=O) groups is 1. The summed E-state index contributed by atoms with van der Waals surface area (Å²) in [5.74, 6) is -0.149. The van der Waals surface area contributed by atoms with E-state index in [1.807, 2.05) is 31.2 Å². The maximum atomic E-state index is 12.1. The monoisotopic (exact) mass is 346 g/mol. The molecule has 0 unspecified atom stereocenters. The number of nitrogens with one attached hydrogen (secondary N) is 1. The molecule has 0 saturated heterocycles. The number of benzene rings is 1. The van der Waals surface area contributed by atoms with Crippen molar-refractivity contribution in [2.75, 3.05) is 6.54 Å². The molecule has 24 heavy (non-hydrogen) atoms. The molecule has 1 aliphatic rings. The van der Waals surface area contributed by atoms with E-state index in [0.717, 1.165) is 41.0 Å². The maximum absolute atomic E-state index is 12.1. The number of fused-ring (bicyclic) bond motifs is 1. The second-order valence-electron chi connectivity index (χ2n) is 6.36. The fourth-order valence-electron chi connectivity index (χ4n) is 3.30. The van der Waals surface area contributed by atoms with Crippen LogP contribution in [0.3, 0.4) is 0 Å². The number of aromatic nitrogens is 1. The molecular weight excluding hydrogens is 324 g/mol. The molecule has 6 heteroatoms. The van der Waals surface area contributed by atoms with E-state index in [1.165, 1.54) is 0 Å². The van der Waals surface area contributed by atoms with Crippen LogP contribution in [-0.4, -0.2) is 22.1 Å². The number of hydrogen-bond acceptors (Lipinski definition) is 4. The summed E-state index contributed by atoms with van der Waals surface area (Å²) in [4.78, 5) is 23.7. The summed E-state index contributed by atoms with van der Waals surface area (Å²) in [6, 6.07) is 7.87. The molecule has 1 heterocycles. The first-order chi connectivity index (χ1) is 11.5. The van der Waals surface area contributed by atoms with Crippen molar-refractivity contribution in [3.8, 4) is 0 Å². The summed E-state index contributed by atoms with van der Waals surface area (Å²) in [6.07, 6.45) is 2.75. The zero-order chi connectivity index (χ0) is 17.2. The van der Waals surface area contributed by atoms with Gasteiger partial charge in [0, 0.05) is 24.0 Å². The van der Waals surface area contributed by atoms with Crippen molar-refractivity contribution in [2.24, 2.45) is 0 Å². The number of aryl methyl sites for hydroxylation is 2. The molecule has 2 N–H and O–H groups in total. The molecule has 5 nitrogen and oxygen atoms in total. The van der Waals surface area contributed by atoms with Gasteiger partial charge in [-0.1, -0.05) is 35.6 Å². The van der Waals surface area contributed by atoms with Gasteiger partial charge in [-0.25, -0.2) is 0 Å². The van der Waals surface area contributed by atoms with Crippen molar-refractivity contribution in [3.05, 3.63) is 56.1 Å². The van der Waals surface area contributed by atoms with Crippen LogP contribution in [0.4, 0.5) is 0 Å². The summed E-state index contributed by atoms with van der Waals surface area (Å²) in [5, 5.41) is 15.6. The van der Waals surface area contributed by atoms with Crippen LogP contribution in [0.15, 0.2) is 34.4 Å². The van der Waals surface area contributed by atoms with Gasteiger partial charge in [0.2, 0.25) is 5.91 Å². The molecule has 0 fully saturated rings. The summed E-state index contributed by atoms with van der Waals surface area (Å²) in [6.45, 7) is 2.44. The fraction of sp³-hybridized carbons (Fsp3) is 0.444. The second-order valence-corrected chi connectivity index (χ2v) is 7.18. The minimum Gasteiger partial charge on any atom is -0.383 e. The topological polar surface area (TPSA) is 71.3 Å². The van der Waals surface area contributed by atoms with Crippen LogP contribution in [0, 0.1) is 6.92 Å². The van der Waals surface area contributed by atoms with Crippen LogP contribution < -0.4 is 10.2 Å². The number of aliphatic hydroxyl groups is 1. The third kappa shape index (κ3) is 3.44. The average molecular weight is 346 g/mol. The lowest BCUT2D eigenvalue weighted by Gasteiger charge is -2.34. The van der Waals surface area contributed by atoms with Gasteiger partial charge in [-0.05, 0) is 37.3 Å². The SMILES string of the molecule is Cc1csc(=O)n1CCC(=O)NC[C@]1(O)CCCc2ccccc21. The van der Waals surface area contributed by atoms with Crippen molar-refractivity contribution < 1.29 is 9.90 Å². The molecule has 128 valence electrons. The number of nitrogens with zero attached hydrogens (tertiary/aromatic N) is 1. The highest BCUT2D eigenvalue weighted by atomic mass is 32.1. The van der Waals surface area contributed by atoms with Gasteiger partial charge in [0.05, 0.1) is 6.54 Å². The van der Waals surface area contributed by atoms with E-state index in [-0.39, 0.29) is 23.7 Å². The quantitative estimate of drug-likeness (QED) is 0.869. The van der Waals surface area contributed by atoms with Crippen LogP contribution >= 0.6 is 11.3 Å². The Morgan fingerprint density at radius 3 is 2.96 bits per heavy atom. The number of hydrogen-bond donors (Lipinski definition) is 2. The third-order valence-electron chi connectivity index (χ3n) is 4.67. The Morgan fingerprint density at radius 2 is 2.21 bits per heavy atom. The van der Waals surface area contributed by atoms with Gasteiger partial charge in [-0.2, -0.15) is 0 Å². The van der Waals surface area contributed by atoms with E-state index in [4.69, 9.17) is 0 Å². The van der Waals surface area contributed by atoms with E-state index in [2.05, 4.69) is 5.32 Å². The lowest BCUT2D eigenvalue weighted by Crippen LogP contribution is -2.43. The summed E-state index contributed by atoms with van der Waals surface area (Å²) in [5.41, 5.74) is 1.94. The molecule has 0 aliphatic heterocycles. The van der Waals surface area contributed by atoms with Crippen molar-refractivity contribution in [3.63, 3.8) is 0 Å². The number of carbonyl (C=O) groups excluding carboxylic acids is 1. The minimum absolute atomic E-state index is 0.0415. The first-order valence-corrected chi connectivity index (χ1v) is 9.10. The number of rotatable bonds is 5. The Hall–Kier alpha value is -1.92. The van der Waals surface area contributed by atoms with E-state index >= 15 is 0 Å². The first kappa shape index (κ1) is 16.9. The molecule has 1 aromatic heterocycles. The number of thiazole rings is 1. The lowest BCUT2D eigenvalue weighted by molar-refractivity contribution is -0.122. The van der Waals surface area contributed by atoms with Gasteiger partial charge < -0.3 is 15.0 Å². The smallest absolute Gasteiger partial charge is 0.307 e. The normalized spacial score (nSPS) is 19.8. The van der Waals surface area contributed by atoms with Crippen LogP contribution in [0.1, 0.15) is 36.1 Å². The third-order valence-corrected chi connectivity index (χ3v) is 5.55. The molecule has 1 aliphatic carbocycles. The average Bonchev–Trinajstić information content (AvgIpc) is 2.90. The van der Waals surface area contributed by atoms with Gasteiger partial charge >= 0.3 is 4.87 Å². The Morgan fingerprint density at radius 1 is 1.42 bits per heavy atom. The highest BCUT2D eigenvalue weighted by Crippen LogP contribution is 2.34. The van der Waals surface area contributed by atoms with E-state index in [0.29, 0.717) is 13.0 Å². The summed E-state index contributed by atoms with van der Waals surface area (Å²) in [7, 11) is 0. The van der Waals surface area contributed by atoms with Gasteiger partial charge in [0.15, 0.2) is 0 Å². The van der Waals surface area contributed by atoms with E-state index in [1.54, 1.807) is 9.95 Å². The largest absolute Gasteiger partial charge is 0.383 e. The molecule has 0 spiro atoms. The Bertz CT molecular complexity index is 796. The van der Waals surface area contributed by atoms with Crippen LogP contribution in [0.2, 0.25) is 0 Å². The van der Waals surface area contributed by atoms with Gasteiger partial charge in [-0.3, -0.25) is 9.59 Å². The summed E-state index contributed by atoms with van der Waals surface area (Å²) >= 11 is 1.15. The van der Waals surface area contributed by atoms with Gasteiger partial charge in [-0.15, -0.1) is 0 Å². The molecule has 1 aromatic carbocycles. The zero-order valence-corrected chi connectivity index (χ0v) is 14.6. The second kappa shape index (κ2) is 6.91. The van der Waals surface area contributed by atoms with Crippen molar-refractivity contribution >= 4 is 17.2 Å². The van der Waals surface area contributed by atoms with Crippen LogP contribution in [-0.2, 0) is 23.4 Å². The van der Waals surface area contributed by atoms with Gasteiger partial charge in [0.1, 0.15) is 5.60 Å². The van der Waals surface area contributed by atoms with Crippen molar-refractivity contribution in [2.45, 2.75) is 44.8 Å².